The number of nitrogens with zero attached hydrogens (tertiary/aromatic N) is 2. The molecule has 0 bridgehead atoms. The van der Waals surface area contributed by atoms with E-state index in [0.717, 1.165) is 22.7 Å². The number of carbonyl (C=O) groups excluding carboxylic acids is 2. The van der Waals surface area contributed by atoms with E-state index >= 15 is 0 Å². The largest absolute Gasteiger partial charge is 0.481 e. The van der Waals surface area contributed by atoms with Gasteiger partial charge in [-0.3, -0.25) is 29.3 Å². The fourth-order valence-corrected chi connectivity index (χ4v) is 4.64. The van der Waals surface area contributed by atoms with E-state index < -0.39 is 52.5 Å². The van der Waals surface area contributed by atoms with Crippen molar-refractivity contribution in [3.8, 4) is 0 Å². The lowest BCUT2D eigenvalue weighted by Gasteiger charge is -2.28. The summed E-state index contributed by atoms with van der Waals surface area (Å²) >= 11 is 0. The first kappa shape index (κ1) is 30.5. The Hall–Kier alpha value is -4.75. The van der Waals surface area contributed by atoms with Crippen LogP contribution >= 0.6 is 0 Å². The molecule has 1 aromatic rings. The molecule has 3 N–H and O–H groups in total. The Morgan fingerprint density at radius 3 is 2.10 bits per heavy atom. The predicted molar refractivity (Wildman–Crippen MR) is 131 cm³/mol. The second-order valence-electron chi connectivity index (χ2n) is 8.54. The second-order valence-corrected chi connectivity index (χ2v) is 8.54. The number of aliphatic carboxylic acids is 3. The molecule has 2 aliphatic rings. The number of allylic oxidation sites excluding steroid dienone is 3. The van der Waals surface area contributed by atoms with Crippen LogP contribution in [-0.4, -0.2) is 68.7 Å². The molecule has 0 saturated heterocycles. The van der Waals surface area contributed by atoms with Gasteiger partial charge in [0.1, 0.15) is 0 Å². The van der Waals surface area contributed by atoms with Crippen molar-refractivity contribution in [2.75, 3.05) is 13.7 Å². The standard InChI is InChI=1S/C15H14N2O4.C10H14O8/c1-8-12(15(18)21-3)13(14-9(2)16(8)14)10-5-4-6-11(7-10)17(19)20;1-3-10(8(15)16,9(17)18-4-2)5(6(11)12)7(13)14/h4-7,13H,1-3H3;5H,3-4H2,1-2H3,(H,11,12)(H,13,14)(H,15,16)/t13-,16?;10-/m00/s1. The minimum atomic E-state index is -2.63. The number of nitro groups is 1. The molecule has 0 amide bonds. The summed E-state index contributed by atoms with van der Waals surface area (Å²) in [6.07, 6.45) is -0.509. The number of methoxy groups -OCH3 is 1. The molecule has 2 heterocycles. The quantitative estimate of drug-likeness (QED) is 0.166. The molecule has 2 aliphatic heterocycles. The zero-order valence-corrected chi connectivity index (χ0v) is 21.8. The van der Waals surface area contributed by atoms with Gasteiger partial charge in [-0.05, 0) is 32.8 Å². The van der Waals surface area contributed by atoms with Crippen molar-refractivity contribution in [3.05, 3.63) is 62.6 Å². The van der Waals surface area contributed by atoms with E-state index in [4.69, 9.17) is 20.1 Å². The smallest absolute Gasteiger partial charge is 0.336 e. The number of rotatable bonds is 10. The van der Waals surface area contributed by atoms with Crippen LogP contribution in [0.4, 0.5) is 5.69 Å². The number of ether oxygens (including phenoxy) is 2. The summed E-state index contributed by atoms with van der Waals surface area (Å²) in [6.45, 7) is 6.26. The lowest BCUT2D eigenvalue weighted by Crippen LogP contribution is -2.52. The van der Waals surface area contributed by atoms with Gasteiger partial charge in [0.05, 0.1) is 35.8 Å². The van der Waals surface area contributed by atoms with E-state index in [1.54, 1.807) is 12.1 Å². The number of non-ortho nitro benzene ring substituents is 1. The second kappa shape index (κ2) is 11.8. The maximum atomic E-state index is 12.0. The molecule has 0 aliphatic carbocycles. The van der Waals surface area contributed by atoms with Crippen molar-refractivity contribution in [3.63, 3.8) is 0 Å². The van der Waals surface area contributed by atoms with E-state index in [1.165, 1.54) is 33.1 Å². The first-order chi connectivity index (χ1) is 18.2. The van der Waals surface area contributed by atoms with Crippen LogP contribution in [0.15, 0.2) is 46.9 Å². The first-order valence-corrected chi connectivity index (χ1v) is 11.6. The van der Waals surface area contributed by atoms with Gasteiger partial charge >= 0.3 is 29.8 Å². The lowest BCUT2D eigenvalue weighted by atomic mass is 9.73. The molecule has 3 rings (SSSR count). The van der Waals surface area contributed by atoms with Gasteiger partial charge in [0.25, 0.3) is 5.69 Å². The highest BCUT2D eigenvalue weighted by Gasteiger charge is 2.59. The van der Waals surface area contributed by atoms with E-state index in [-0.39, 0.29) is 18.2 Å². The Morgan fingerprint density at radius 1 is 1.08 bits per heavy atom. The first-order valence-electron chi connectivity index (χ1n) is 11.6. The van der Waals surface area contributed by atoms with Crippen LogP contribution in [0.3, 0.4) is 0 Å². The maximum Gasteiger partial charge on any atom is 0.336 e. The third-order valence-corrected chi connectivity index (χ3v) is 6.57. The number of benzene rings is 1. The number of nitro benzene ring substituents is 1. The average molecular weight is 549 g/mol. The van der Waals surface area contributed by atoms with Crippen molar-refractivity contribution in [1.82, 2.24) is 4.90 Å². The van der Waals surface area contributed by atoms with Crippen LogP contribution in [0.1, 0.15) is 45.6 Å². The van der Waals surface area contributed by atoms with Gasteiger partial charge in [-0.2, -0.15) is 0 Å². The number of carboxylic acids is 3. The highest BCUT2D eigenvalue weighted by molar-refractivity contribution is 6.10. The van der Waals surface area contributed by atoms with Crippen LogP contribution in [0.2, 0.25) is 0 Å². The van der Waals surface area contributed by atoms with Gasteiger partial charge in [-0.1, -0.05) is 19.1 Å². The molecule has 0 aromatic heterocycles. The molecule has 14 heteroatoms. The normalized spacial score (nSPS) is 17.0. The number of carbonyl (C=O) groups is 5. The van der Waals surface area contributed by atoms with Crippen molar-refractivity contribution in [2.45, 2.75) is 40.0 Å². The highest BCUT2D eigenvalue weighted by atomic mass is 16.6. The van der Waals surface area contributed by atoms with E-state index in [2.05, 4.69) is 4.74 Å². The summed E-state index contributed by atoms with van der Waals surface area (Å²) in [6, 6.07) is 6.40. The zero-order valence-electron chi connectivity index (χ0n) is 21.8. The molecule has 0 unspecified atom stereocenters. The molecule has 0 spiro atoms. The van der Waals surface area contributed by atoms with Crippen LogP contribution < -0.4 is 0 Å². The molecule has 0 fully saturated rings. The fourth-order valence-electron chi connectivity index (χ4n) is 4.64. The third kappa shape index (κ3) is 5.44. The van der Waals surface area contributed by atoms with Crippen molar-refractivity contribution in [1.29, 1.82) is 0 Å². The van der Waals surface area contributed by atoms with E-state index in [0.29, 0.717) is 5.57 Å². The lowest BCUT2D eigenvalue weighted by molar-refractivity contribution is -0.384. The van der Waals surface area contributed by atoms with Crippen LogP contribution in [-0.2, 0) is 33.4 Å². The summed E-state index contributed by atoms with van der Waals surface area (Å²) in [5.41, 5.74) is 1.63. The topological polar surface area (TPSA) is 211 Å². The third-order valence-electron chi connectivity index (χ3n) is 6.57. The SMILES string of the molecule is CCOC(=O)[C@](CC)(C(=O)O)C(C(=O)O)C(=O)O.COC(=O)C1=C(C)N2C(C)=C2[C@H]1c1cccc([N+](=O)[O-])c1. The Bertz CT molecular complexity index is 1280. The van der Waals surface area contributed by atoms with Crippen molar-refractivity contribution in [2.24, 2.45) is 11.3 Å². The summed E-state index contributed by atoms with van der Waals surface area (Å²) < 4.78 is 9.35. The summed E-state index contributed by atoms with van der Waals surface area (Å²) in [5.74, 6) is -10.1. The zero-order chi connectivity index (χ0) is 29.8. The molecule has 210 valence electrons. The minimum absolute atomic E-state index is 0.0201. The number of hydrogen-bond donors (Lipinski definition) is 3. The van der Waals surface area contributed by atoms with Gasteiger partial charge in [0, 0.05) is 23.5 Å². The Labute approximate surface area is 222 Å². The fraction of sp³-hybridized carbons (Fsp3) is 0.400. The molecule has 2 atom stereocenters. The van der Waals surface area contributed by atoms with E-state index in [9.17, 15) is 34.1 Å². The molecule has 39 heavy (non-hydrogen) atoms. The van der Waals surface area contributed by atoms with Gasteiger partial charge in [-0.25, -0.2) is 4.79 Å². The summed E-state index contributed by atoms with van der Waals surface area (Å²) in [7, 11) is 1.34. The van der Waals surface area contributed by atoms with Crippen LogP contribution in [0, 0.1) is 21.4 Å². The van der Waals surface area contributed by atoms with Crippen molar-refractivity contribution < 1.29 is 53.7 Å². The summed E-state index contributed by atoms with van der Waals surface area (Å²) in [4.78, 5) is 69.2. The number of hydrogen-bond acceptors (Lipinski definition) is 10. The highest BCUT2D eigenvalue weighted by Crippen LogP contribution is 2.56. The molecule has 0 radical (unpaired) electrons. The molecule has 0 saturated carbocycles. The van der Waals surface area contributed by atoms with Gasteiger partial charge < -0.3 is 29.7 Å². The minimum Gasteiger partial charge on any atom is -0.481 e. The summed E-state index contributed by atoms with van der Waals surface area (Å²) in [5, 5.41) is 37.7. The molecule has 14 nitrogen and oxygen atoms in total. The number of fused-ring (bicyclic) bond motifs is 1. The van der Waals surface area contributed by atoms with Crippen molar-refractivity contribution >= 4 is 35.5 Å². The molecular weight excluding hydrogens is 520 g/mol. The van der Waals surface area contributed by atoms with Gasteiger partial charge in [0.15, 0.2) is 11.3 Å². The van der Waals surface area contributed by atoms with Gasteiger partial charge in [0.2, 0.25) is 0 Å². The predicted octanol–water partition coefficient (Wildman–Crippen LogP) is 2.50. The molecular formula is C25H28N2O12. The number of carboxylic acid groups (broad SMARTS) is 3. The Balaban J connectivity index is 0.000000278. The van der Waals surface area contributed by atoms with Crippen LogP contribution in [0.5, 0.6) is 0 Å². The van der Waals surface area contributed by atoms with Gasteiger partial charge in [-0.15, -0.1) is 0 Å². The van der Waals surface area contributed by atoms with E-state index in [1.807, 2.05) is 18.7 Å². The monoisotopic (exact) mass is 548 g/mol. The van der Waals surface area contributed by atoms with Crippen LogP contribution in [0.25, 0.3) is 0 Å². The Morgan fingerprint density at radius 2 is 1.67 bits per heavy atom. The molecule has 1 aromatic carbocycles. The maximum absolute atomic E-state index is 12.0. The average Bonchev–Trinajstić information content (AvgIpc) is 3.42. The Kier molecular flexibility index (Phi) is 9.18. The number of esters is 2.